The molecule has 3 amide bonds. The van der Waals surface area contributed by atoms with Crippen molar-refractivity contribution in [1.29, 1.82) is 0 Å². The summed E-state index contributed by atoms with van der Waals surface area (Å²) >= 11 is 6.35. The van der Waals surface area contributed by atoms with Crippen molar-refractivity contribution in [2.24, 2.45) is 5.73 Å². The first-order valence-electron chi connectivity index (χ1n) is 12.6. The van der Waals surface area contributed by atoms with Crippen LogP contribution >= 0.6 is 11.6 Å². The molecule has 2 aliphatic rings. The number of carbonyl (C=O) groups excluding carboxylic acids is 3. The number of benzene rings is 1. The van der Waals surface area contributed by atoms with E-state index in [0.29, 0.717) is 43.3 Å². The van der Waals surface area contributed by atoms with Crippen molar-refractivity contribution < 1.29 is 27.6 Å². The maximum atomic E-state index is 13.5. The van der Waals surface area contributed by atoms with Crippen molar-refractivity contribution in [3.8, 4) is 0 Å². The Kier molecular flexibility index (Phi) is 7.55. The van der Waals surface area contributed by atoms with Crippen LogP contribution in [0, 0.1) is 0 Å². The molecule has 0 unspecified atom stereocenters. The van der Waals surface area contributed by atoms with Crippen molar-refractivity contribution in [1.82, 2.24) is 30.0 Å². The Hall–Kier alpha value is -3.91. The minimum Gasteiger partial charge on any atom is -0.338 e. The third-order valence-electron chi connectivity index (χ3n) is 6.92. The predicted molar refractivity (Wildman–Crippen MR) is 138 cm³/mol. The second-order valence-electron chi connectivity index (χ2n) is 9.70. The largest absolute Gasteiger partial charge is 0.435 e. The summed E-state index contributed by atoms with van der Waals surface area (Å²) in [5, 5.41) is 8.76. The van der Waals surface area contributed by atoms with E-state index in [2.05, 4.69) is 25.5 Å². The van der Waals surface area contributed by atoms with Crippen LogP contribution in [0.4, 0.5) is 18.9 Å². The van der Waals surface area contributed by atoms with Gasteiger partial charge >= 0.3 is 6.18 Å². The van der Waals surface area contributed by atoms with E-state index in [0.717, 1.165) is 12.8 Å². The lowest BCUT2D eigenvalue weighted by molar-refractivity contribution is -0.141. The van der Waals surface area contributed by atoms with Crippen molar-refractivity contribution in [3.63, 3.8) is 0 Å². The zero-order valence-electron chi connectivity index (χ0n) is 21.1. The number of nitrogens with one attached hydrogen (secondary N) is 3. The average molecular weight is 579 g/mol. The summed E-state index contributed by atoms with van der Waals surface area (Å²) in [5.41, 5.74) is 5.80. The first-order chi connectivity index (χ1) is 19.0. The van der Waals surface area contributed by atoms with Gasteiger partial charge in [-0.15, -0.1) is 0 Å². The lowest BCUT2D eigenvalue weighted by Gasteiger charge is -2.34. The second-order valence-corrected chi connectivity index (χ2v) is 10.1. The van der Waals surface area contributed by atoms with Crippen LogP contribution in [-0.4, -0.2) is 80.4 Å². The number of imidazole rings is 1. The van der Waals surface area contributed by atoms with Crippen LogP contribution < -0.4 is 11.1 Å². The number of nitrogens with two attached hydrogens (primary N) is 1. The van der Waals surface area contributed by atoms with Gasteiger partial charge in [0, 0.05) is 67.4 Å². The number of aromatic nitrogens is 4. The Bertz CT molecular complexity index is 1440. The van der Waals surface area contributed by atoms with Crippen LogP contribution in [-0.2, 0) is 17.4 Å². The molecule has 1 saturated carbocycles. The number of nitrogens with zero attached hydrogens (tertiary/aromatic N) is 4. The molecule has 2 aromatic heterocycles. The first kappa shape index (κ1) is 27.6. The van der Waals surface area contributed by atoms with Crippen molar-refractivity contribution in [2.45, 2.75) is 31.4 Å². The predicted octanol–water partition coefficient (Wildman–Crippen LogP) is 2.77. The average Bonchev–Trinajstić information content (AvgIpc) is 3.50. The Morgan fingerprint density at radius 3 is 2.45 bits per heavy atom. The fraction of sp³-hybridized carbons (Fsp3) is 0.400. The molecule has 0 bridgehead atoms. The molecule has 212 valence electrons. The molecule has 11 nitrogen and oxygen atoms in total. The molecule has 15 heteroatoms. The summed E-state index contributed by atoms with van der Waals surface area (Å²) in [6.45, 7) is 1.34. The lowest BCUT2D eigenvalue weighted by atomic mass is 10.0. The minimum absolute atomic E-state index is 0.0221. The summed E-state index contributed by atoms with van der Waals surface area (Å²) < 4.78 is 40.4. The highest BCUT2D eigenvalue weighted by atomic mass is 35.5. The summed E-state index contributed by atoms with van der Waals surface area (Å²) in [7, 11) is 0. The molecular weight excluding hydrogens is 553 g/mol. The molecular formula is C25H26ClF3N8O3. The molecule has 5 N–H and O–H groups in total. The third kappa shape index (κ3) is 5.82. The normalized spacial score (nSPS) is 15.8. The summed E-state index contributed by atoms with van der Waals surface area (Å²) in [6, 6.07) is 4.42. The van der Waals surface area contributed by atoms with Gasteiger partial charge < -0.3 is 25.8 Å². The lowest BCUT2D eigenvalue weighted by Crippen LogP contribution is -2.51. The molecule has 3 heterocycles. The van der Waals surface area contributed by atoms with Gasteiger partial charge in [-0.25, -0.2) is 4.98 Å². The number of anilines is 1. The van der Waals surface area contributed by atoms with Crippen molar-refractivity contribution >= 4 is 35.0 Å². The van der Waals surface area contributed by atoms with Gasteiger partial charge in [0.2, 0.25) is 5.91 Å². The van der Waals surface area contributed by atoms with E-state index < -0.39 is 17.8 Å². The quantitative estimate of drug-likeness (QED) is 0.338. The van der Waals surface area contributed by atoms with Crippen LogP contribution in [0.2, 0.25) is 5.02 Å². The molecule has 0 spiro atoms. The van der Waals surface area contributed by atoms with Gasteiger partial charge in [-0.2, -0.15) is 18.3 Å². The topological polar surface area (TPSA) is 153 Å². The maximum absolute atomic E-state index is 13.5. The van der Waals surface area contributed by atoms with E-state index in [1.165, 1.54) is 24.4 Å². The number of halogens is 4. The van der Waals surface area contributed by atoms with E-state index in [-0.39, 0.29) is 52.7 Å². The van der Waals surface area contributed by atoms with Crippen LogP contribution in [0.3, 0.4) is 0 Å². The molecule has 40 heavy (non-hydrogen) atoms. The fourth-order valence-corrected chi connectivity index (χ4v) is 4.93. The molecule has 0 atom stereocenters. The zero-order chi connectivity index (χ0) is 28.6. The van der Waals surface area contributed by atoms with Crippen molar-refractivity contribution in [3.05, 3.63) is 63.5 Å². The van der Waals surface area contributed by atoms with Crippen LogP contribution in [0.5, 0.6) is 0 Å². The van der Waals surface area contributed by atoms with E-state index in [1.807, 2.05) is 0 Å². The number of H-pyrrole nitrogens is 2. The zero-order valence-corrected chi connectivity index (χ0v) is 21.9. The number of aromatic amines is 2. The molecule has 2 fully saturated rings. The SMILES string of the molecule is NCC(=O)N1CCN(C(=O)c2ccc(NC(=O)c3ncc(Cc4c(C(F)(F)F)n[nH]c4C4CC4)[nH]3)cc2Cl)CC1. The highest BCUT2D eigenvalue weighted by Crippen LogP contribution is 2.44. The Morgan fingerprint density at radius 2 is 1.82 bits per heavy atom. The number of carbonyl (C=O) groups is 3. The summed E-state index contributed by atoms with van der Waals surface area (Å²) in [6.07, 6.45) is -1.82. The van der Waals surface area contributed by atoms with Gasteiger partial charge in [0.1, 0.15) is 0 Å². The monoisotopic (exact) mass is 578 g/mol. The summed E-state index contributed by atoms with van der Waals surface area (Å²) in [4.78, 5) is 47.4. The minimum atomic E-state index is -4.61. The molecule has 1 saturated heterocycles. The molecule has 1 aromatic carbocycles. The van der Waals surface area contributed by atoms with Gasteiger partial charge in [0.05, 0.1) is 17.1 Å². The Labute approximate surface area is 231 Å². The highest BCUT2D eigenvalue weighted by Gasteiger charge is 2.40. The number of rotatable bonds is 7. The van der Waals surface area contributed by atoms with Gasteiger partial charge in [-0.3, -0.25) is 19.5 Å². The van der Waals surface area contributed by atoms with Crippen LogP contribution in [0.25, 0.3) is 0 Å². The van der Waals surface area contributed by atoms with Crippen LogP contribution in [0.15, 0.2) is 24.4 Å². The molecule has 5 rings (SSSR count). The number of alkyl halides is 3. The van der Waals surface area contributed by atoms with Crippen LogP contribution in [0.1, 0.15) is 62.4 Å². The highest BCUT2D eigenvalue weighted by molar-refractivity contribution is 6.34. The molecule has 1 aliphatic heterocycles. The summed E-state index contributed by atoms with van der Waals surface area (Å²) in [5.74, 6) is -1.19. The van der Waals surface area contributed by atoms with E-state index in [9.17, 15) is 27.6 Å². The standard InChI is InChI=1S/C25H26ClF3N8O3/c26-18-10-14(3-4-16(18)24(40)37-7-5-36(6-8-37)19(38)11-30)33-23(39)22-31-12-15(32-22)9-17-20(13-1-2-13)34-35-21(17)25(27,28)29/h3-4,10,12-13H,1-2,5-9,11,30H2,(H,31,32)(H,33,39)(H,34,35). The Balaban J connectivity index is 1.23. The van der Waals surface area contributed by atoms with Gasteiger partial charge in [0.25, 0.3) is 11.8 Å². The van der Waals surface area contributed by atoms with Crippen molar-refractivity contribution in [2.75, 3.05) is 38.0 Å². The van der Waals surface area contributed by atoms with Gasteiger partial charge in [-0.1, -0.05) is 11.6 Å². The number of hydrogen-bond acceptors (Lipinski definition) is 6. The number of piperazine rings is 1. The first-order valence-corrected chi connectivity index (χ1v) is 13.0. The van der Waals surface area contributed by atoms with Gasteiger partial charge in [-0.05, 0) is 31.0 Å². The third-order valence-corrected chi connectivity index (χ3v) is 7.23. The van der Waals surface area contributed by atoms with E-state index in [1.54, 1.807) is 9.80 Å². The molecule has 1 aliphatic carbocycles. The second kappa shape index (κ2) is 10.9. The number of hydrogen-bond donors (Lipinski definition) is 4. The van der Waals surface area contributed by atoms with E-state index in [4.69, 9.17) is 17.3 Å². The molecule has 3 aromatic rings. The van der Waals surface area contributed by atoms with E-state index >= 15 is 0 Å². The maximum Gasteiger partial charge on any atom is 0.435 e. The smallest absolute Gasteiger partial charge is 0.338 e. The number of amides is 3. The van der Waals surface area contributed by atoms with Gasteiger partial charge in [0.15, 0.2) is 11.5 Å². The Morgan fingerprint density at radius 1 is 1.12 bits per heavy atom. The fourth-order valence-electron chi connectivity index (χ4n) is 4.67. The molecule has 0 radical (unpaired) electrons.